The number of nitrogens with zero attached hydrogens (tertiary/aromatic N) is 1. The van der Waals surface area contributed by atoms with Gasteiger partial charge in [0.05, 0.1) is 0 Å². The van der Waals surface area contributed by atoms with Crippen molar-refractivity contribution in [2.24, 2.45) is 10.9 Å². The molecule has 0 fully saturated rings. The fraction of sp³-hybridized carbons (Fsp3) is 0.357. The molecule has 0 aliphatic carbocycles. The molecule has 1 aromatic rings. The molecule has 0 radical (unpaired) electrons. The molecule has 0 aliphatic heterocycles. The summed E-state index contributed by atoms with van der Waals surface area (Å²) in [6.45, 7) is 7.16. The van der Waals surface area contributed by atoms with Gasteiger partial charge in [-0.25, -0.2) is 0 Å². The predicted molar refractivity (Wildman–Crippen MR) is 76.7 cm³/mol. The van der Waals surface area contributed by atoms with E-state index in [1.54, 1.807) is 24.3 Å². The van der Waals surface area contributed by atoms with Crippen LogP contribution in [0.15, 0.2) is 42.1 Å². The van der Waals surface area contributed by atoms with Crippen LogP contribution in [0.5, 0.6) is 5.75 Å². The van der Waals surface area contributed by atoms with Gasteiger partial charge in [0.25, 0.3) is 0 Å². The average molecular weight is 263 g/mol. The number of oxime groups is 1. The highest BCUT2D eigenvalue weighted by Crippen LogP contribution is 2.11. The van der Waals surface area contributed by atoms with Gasteiger partial charge in [-0.05, 0) is 37.6 Å². The summed E-state index contributed by atoms with van der Waals surface area (Å²) in [7, 11) is 0. The third-order valence-electron chi connectivity index (χ3n) is 2.64. The number of benzene rings is 1. The predicted octanol–water partition coefficient (Wildman–Crippen LogP) is 1.71. The van der Waals surface area contributed by atoms with E-state index < -0.39 is 0 Å². The topological polar surface area (TPSA) is 79.9 Å². The molecule has 4 N–H and O–H groups in total. The van der Waals surface area contributed by atoms with Gasteiger partial charge in [0.1, 0.15) is 12.4 Å². The largest absolute Gasteiger partial charge is 0.492 e. The highest BCUT2D eigenvalue weighted by molar-refractivity contribution is 5.97. The number of hydrogen-bond donors (Lipinski definition) is 3. The van der Waals surface area contributed by atoms with Gasteiger partial charge in [-0.15, -0.1) is 6.58 Å². The Labute approximate surface area is 113 Å². The summed E-state index contributed by atoms with van der Waals surface area (Å²) < 4.78 is 5.57. The van der Waals surface area contributed by atoms with Crippen LogP contribution in [0.1, 0.15) is 18.9 Å². The van der Waals surface area contributed by atoms with Gasteiger partial charge < -0.3 is 21.0 Å². The highest BCUT2D eigenvalue weighted by atomic mass is 16.5. The molecular formula is C14H21N3O2. The van der Waals surface area contributed by atoms with Gasteiger partial charge >= 0.3 is 0 Å². The van der Waals surface area contributed by atoms with Crippen molar-refractivity contribution in [3.05, 3.63) is 42.5 Å². The smallest absolute Gasteiger partial charge is 0.170 e. The number of ether oxygens (including phenoxy) is 1. The van der Waals surface area contributed by atoms with Gasteiger partial charge in [-0.1, -0.05) is 11.2 Å². The lowest BCUT2D eigenvalue weighted by Crippen LogP contribution is -2.29. The molecule has 1 atom stereocenters. The zero-order valence-electron chi connectivity index (χ0n) is 11.2. The highest BCUT2D eigenvalue weighted by Gasteiger charge is 2.00. The number of rotatable bonds is 8. The fourth-order valence-corrected chi connectivity index (χ4v) is 1.59. The minimum atomic E-state index is 0.0893. The minimum Gasteiger partial charge on any atom is -0.492 e. The minimum absolute atomic E-state index is 0.0893. The molecule has 1 aromatic carbocycles. The van der Waals surface area contributed by atoms with E-state index >= 15 is 0 Å². The summed E-state index contributed by atoms with van der Waals surface area (Å²) in [5.74, 6) is 0.846. The first-order valence-electron chi connectivity index (χ1n) is 6.22. The van der Waals surface area contributed by atoms with E-state index in [9.17, 15) is 0 Å². The molecule has 0 amide bonds. The second kappa shape index (κ2) is 8.16. The second-order valence-electron chi connectivity index (χ2n) is 4.24. The SMILES string of the molecule is C=CCC(C)NCCOc1ccc(/C(N)=N/O)cc1. The van der Waals surface area contributed by atoms with E-state index in [2.05, 4.69) is 24.0 Å². The average Bonchev–Trinajstić information content (AvgIpc) is 2.44. The molecule has 1 unspecified atom stereocenters. The van der Waals surface area contributed by atoms with Crippen LogP contribution in [0.4, 0.5) is 0 Å². The van der Waals surface area contributed by atoms with Crippen LogP contribution in [0, 0.1) is 0 Å². The summed E-state index contributed by atoms with van der Waals surface area (Å²) in [6, 6.07) is 7.49. The quantitative estimate of drug-likeness (QED) is 0.167. The van der Waals surface area contributed by atoms with Crippen molar-refractivity contribution < 1.29 is 9.94 Å². The number of nitrogens with one attached hydrogen (secondary N) is 1. The van der Waals surface area contributed by atoms with Gasteiger partial charge in [-0.3, -0.25) is 0 Å². The maximum absolute atomic E-state index is 8.54. The van der Waals surface area contributed by atoms with Crippen molar-refractivity contribution in [1.29, 1.82) is 0 Å². The number of nitrogens with two attached hydrogens (primary N) is 1. The van der Waals surface area contributed by atoms with Crippen LogP contribution in [0.2, 0.25) is 0 Å². The molecule has 0 saturated carbocycles. The Morgan fingerprint density at radius 3 is 2.79 bits per heavy atom. The maximum Gasteiger partial charge on any atom is 0.170 e. The van der Waals surface area contributed by atoms with E-state index in [1.165, 1.54) is 0 Å². The summed E-state index contributed by atoms with van der Waals surface area (Å²) in [6.07, 6.45) is 2.83. The Balaban J connectivity index is 2.32. The zero-order valence-corrected chi connectivity index (χ0v) is 11.2. The van der Waals surface area contributed by atoms with Crippen LogP contribution < -0.4 is 15.8 Å². The van der Waals surface area contributed by atoms with E-state index in [4.69, 9.17) is 15.7 Å². The number of hydrogen-bond acceptors (Lipinski definition) is 4. The molecule has 1 rings (SSSR count). The van der Waals surface area contributed by atoms with Crippen LogP contribution in [-0.2, 0) is 0 Å². The fourth-order valence-electron chi connectivity index (χ4n) is 1.59. The normalized spacial score (nSPS) is 13.0. The van der Waals surface area contributed by atoms with Crippen molar-refractivity contribution in [3.8, 4) is 5.75 Å². The third-order valence-corrected chi connectivity index (χ3v) is 2.64. The van der Waals surface area contributed by atoms with Gasteiger partial charge in [0, 0.05) is 18.2 Å². The van der Waals surface area contributed by atoms with Crippen LogP contribution >= 0.6 is 0 Å². The molecule has 5 heteroatoms. The van der Waals surface area contributed by atoms with Crippen molar-refractivity contribution in [2.75, 3.05) is 13.2 Å². The van der Waals surface area contributed by atoms with Crippen molar-refractivity contribution in [1.82, 2.24) is 5.32 Å². The van der Waals surface area contributed by atoms with E-state index in [1.807, 2.05) is 6.08 Å². The molecule has 0 bridgehead atoms. The Hall–Kier alpha value is -2.01. The van der Waals surface area contributed by atoms with Gasteiger partial charge in [0.2, 0.25) is 0 Å². The number of amidine groups is 1. The molecule has 0 saturated heterocycles. The first kappa shape index (κ1) is 15.0. The Morgan fingerprint density at radius 2 is 2.21 bits per heavy atom. The van der Waals surface area contributed by atoms with Crippen molar-refractivity contribution >= 4 is 5.84 Å². The van der Waals surface area contributed by atoms with E-state index in [-0.39, 0.29) is 5.84 Å². The Kier molecular flexibility index (Phi) is 6.46. The maximum atomic E-state index is 8.54. The molecule has 0 aliphatic rings. The Morgan fingerprint density at radius 1 is 1.53 bits per heavy atom. The molecule has 0 heterocycles. The standard InChI is InChI=1S/C14H21N3O2/c1-3-4-11(2)16-9-10-19-13-7-5-12(6-8-13)14(15)17-18/h3,5-8,11,16,18H,1,4,9-10H2,2H3,(H2,15,17). The summed E-state index contributed by atoms with van der Waals surface area (Å²) >= 11 is 0. The summed E-state index contributed by atoms with van der Waals surface area (Å²) in [5.41, 5.74) is 6.13. The first-order chi connectivity index (χ1) is 9.17. The van der Waals surface area contributed by atoms with Crippen LogP contribution in [0.25, 0.3) is 0 Å². The molecule has 104 valence electrons. The molecule has 0 aromatic heterocycles. The van der Waals surface area contributed by atoms with E-state index in [0.29, 0.717) is 18.2 Å². The van der Waals surface area contributed by atoms with Crippen LogP contribution in [-0.4, -0.2) is 30.2 Å². The molecule has 5 nitrogen and oxygen atoms in total. The second-order valence-corrected chi connectivity index (χ2v) is 4.24. The molecular weight excluding hydrogens is 242 g/mol. The molecule has 19 heavy (non-hydrogen) atoms. The zero-order chi connectivity index (χ0) is 14.1. The Bertz CT molecular complexity index is 415. The molecule has 0 spiro atoms. The monoisotopic (exact) mass is 263 g/mol. The van der Waals surface area contributed by atoms with Gasteiger partial charge in [-0.2, -0.15) is 0 Å². The lowest BCUT2D eigenvalue weighted by molar-refractivity contribution is 0.307. The van der Waals surface area contributed by atoms with Gasteiger partial charge in [0.15, 0.2) is 5.84 Å². The van der Waals surface area contributed by atoms with E-state index in [0.717, 1.165) is 18.7 Å². The lowest BCUT2D eigenvalue weighted by Gasteiger charge is -2.12. The first-order valence-corrected chi connectivity index (χ1v) is 6.22. The van der Waals surface area contributed by atoms with Crippen molar-refractivity contribution in [3.63, 3.8) is 0 Å². The van der Waals surface area contributed by atoms with Crippen molar-refractivity contribution in [2.45, 2.75) is 19.4 Å². The lowest BCUT2D eigenvalue weighted by atomic mass is 10.2. The summed E-state index contributed by atoms with van der Waals surface area (Å²) in [5, 5.41) is 14.8. The van der Waals surface area contributed by atoms with Crippen LogP contribution in [0.3, 0.4) is 0 Å². The third kappa shape index (κ3) is 5.44. The summed E-state index contributed by atoms with van der Waals surface area (Å²) in [4.78, 5) is 0.